The number of nitrogens with zero attached hydrogens (tertiary/aromatic N) is 3. The Bertz CT molecular complexity index is 845. The third-order valence-electron chi connectivity index (χ3n) is 4.30. The lowest BCUT2D eigenvalue weighted by atomic mass is 10.2. The van der Waals surface area contributed by atoms with Crippen LogP contribution in [-0.4, -0.2) is 39.9 Å². The van der Waals surface area contributed by atoms with Crippen molar-refractivity contribution in [2.45, 2.75) is 24.4 Å². The van der Waals surface area contributed by atoms with Gasteiger partial charge in [0.15, 0.2) is 5.69 Å². The molecule has 2 aromatic rings. The molecule has 1 saturated heterocycles. The minimum Gasteiger partial charge on any atom is -0.477 e. The quantitative estimate of drug-likeness (QED) is 0.766. The molecule has 0 aliphatic carbocycles. The fraction of sp³-hybridized carbons (Fsp3) is 0.389. The summed E-state index contributed by atoms with van der Waals surface area (Å²) in [5, 5.41) is 9.13. The van der Waals surface area contributed by atoms with E-state index in [4.69, 9.17) is 5.11 Å². The highest BCUT2D eigenvalue weighted by Crippen LogP contribution is 2.38. The van der Waals surface area contributed by atoms with Crippen molar-refractivity contribution in [1.29, 1.82) is 0 Å². The van der Waals surface area contributed by atoms with Crippen LogP contribution in [-0.2, 0) is 6.18 Å². The molecule has 5 nitrogen and oxygen atoms in total. The van der Waals surface area contributed by atoms with E-state index in [-0.39, 0.29) is 16.5 Å². The maximum atomic E-state index is 13.1. The number of thioether (sulfide) groups is 1. The maximum absolute atomic E-state index is 13.1. The number of carboxylic acid groups (broad SMARTS) is 1. The van der Waals surface area contributed by atoms with Gasteiger partial charge in [0.25, 0.3) is 0 Å². The van der Waals surface area contributed by atoms with Crippen molar-refractivity contribution in [3.05, 3.63) is 47.3 Å². The minimum atomic E-state index is -4.37. The van der Waals surface area contributed by atoms with Gasteiger partial charge in [-0.3, -0.25) is 0 Å². The molecule has 0 saturated carbocycles. The lowest BCUT2D eigenvalue weighted by Crippen LogP contribution is -2.24. The molecule has 144 valence electrons. The largest absolute Gasteiger partial charge is 0.477 e. The number of halogens is 3. The highest BCUT2D eigenvalue weighted by atomic mass is 32.2. The summed E-state index contributed by atoms with van der Waals surface area (Å²) >= 11 is 1.20. The third-order valence-corrected chi connectivity index (χ3v) is 5.60. The molecule has 3 rings (SSSR count). The molecule has 0 radical (unpaired) electrons. The van der Waals surface area contributed by atoms with Gasteiger partial charge < -0.3 is 10.0 Å². The molecular weight excluding hydrogens is 379 g/mol. The van der Waals surface area contributed by atoms with Crippen LogP contribution in [0.3, 0.4) is 0 Å². The zero-order valence-electron chi connectivity index (χ0n) is 14.5. The predicted molar refractivity (Wildman–Crippen MR) is 96.2 cm³/mol. The number of aromatic nitrogens is 2. The van der Waals surface area contributed by atoms with E-state index in [1.807, 2.05) is 4.90 Å². The number of carboxylic acids is 1. The van der Waals surface area contributed by atoms with Crippen LogP contribution < -0.4 is 4.90 Å². The van der Waals surface area contributed by atoms with Gasteiger partial charge in [-0.05, 0) is 37.5 Å². The topological polar surface area (TPSA) is 66.3 Å². The minimum absolute atomic E-state index is 0.0607. The lowest BCUT2D eigenvalue weighted by molar-refractivity contribution is -0.139. The molecule has 0 unspecified atom stereocenters. The van der Waals surface area contributed by atoms with E-state index in [0.717, 1.165) is 12.5 Å². The second-order valence-corrected chi connectivity index (χ2v) is 7.47. The van der Waals surface area contributed by atoms with Crippen LogP contribution in [0, 0.1) is 12.8 Å². The first-order valence-electron chi connectivity index (χ1n) is 8.37. The molecule has 1 atom stereocenters. The molecule has 9 heteroatoms. The number of rotatable bonds is 5. The Morgan fingerprint density at radius 1 is 1.33 bits per heavy atom. The molecule has 1 N–H and O–H groups in total. The highest BCUT2D eigenvalue weighted by Gasteiger charge is 2.33. The summed E-state index contributed by atoms with van der Waals surface area (Å²) in [6.45, 7) is 2.94. The first-order chi connectivity index (χ1) is 12.7. The van der Waals surface area contributed by atoms with E-state index in [1.54, 1.807) is 13.0 Å². The van der Waals surface area contributed by atoms with Crippen LogP contribution >= 0.6 is 11.8 Å². The molecule has 0 amide bonds. The molecule has 1 fully saturated rings. The van der Waals surface area contributed by atoms with Crippen LogP contribution in [0.1, 0.15) is 28.2 Å². The van der Waals surface area contributed by atoms with Gasteiger partial charge in [-0.15, -0.1) is 11.8 Å². The molecule has 1 aromatic carbocycles. The number of anilines is 1. The molecular formula is C18H18F3N3O2S. The highest BCUT2D eigenvalue weighted by molar-refractivity contribution is 7.99. The summed E-state index contributed by atoms with van der Waals surface area (Å²) in [5.74, 6) is -0.0395. The van der Waals surface area contributed by atoms with Crippen LogP contribution in [0.4, 0.5) is 19.1 Å². The summed E-state index contributed by atoms with van der Waals surface area (Å²) in [6, 6.07) is 6.98. The fourth-order valence-electron chi connectivity index (χ4n) is 2.99. The molecule has 1 aromatic heterocycles. The van der Waals surface area contributed by atoms with Gasteiger partial charge in [0.1, 0.15) is 0 Å². The second kappa shape index (κ2) is 7.75. The first kappa shape index (κ1) is 19.5. The van der Waals surface area contributed by atoms with Crippen LogP contribution in [0.5, 0.6) is 0 Å². The standard InChI is InChI=1S/C18H18F3N3O2S/c1-11-8-14(16(25)26)23-17(22-11)24-7-6-12(9-24)10-27-15-5-3-2-4-13(15)18(19,20)21/h2-5,8,12H,6-7,9-10H2,1H3,(H,25,26)/t12-/m1/s1. The molecule has 1 aliphatic rings. The van der Waals surface area contributed by atoms with Crippen LogP contribution in [0.15, 0.2) is 35.2 Å². The summed E-state index contributed by atoms with van der Waals surface area (Å²) in [4.78, 5) is 21.6. The van der Waals surface area contributed by atoms with E-state index in [1.165, 1.54) is 30.0 Å². The Kier molecular flexibility index (Phi) is 5.59. The van der Waals surface area contributed by atoms with E-state index in [9.17, 15) is 18.0 Å². The molecule has 1 aliphatic heterocycles. The average Bonchev–Trinajstić information content (AvgIpc) is 3.08. The normalized spacial score (nSPS) is 17.3. The van der Waals surface area contributed by atoms with Crippen molar-refractivity contribution in [2.75, 3.05) is 23.7 Å². The van der Waals surface area contributed by atoms with Crippen molar-refractivity contribution in [2.24, 2.45) is 5.92 Å². The van der Waals surface area contributed by atoms with Gasteiger partial charge in [-0.25, -0.2) is 14.8 Å². The third kappa shape index (κ3) is 4.71. The summed E-state index contributed by atoms with van der Waals surface area (Å²) < 4.78 is 39.3. The maximum Gasteiger partial charge on any atom is 0.417 e. The van der Waals surface area contributed by atoms with Crippen molar-refractivity contribution >= 4 is 23.7 Å². The smallest absolute Gasteiger partial charge is 0.417 e. The van der Waals surface area contributed by atoms with Crippen molar-refractivity contribution in [3.63, 3.8) is 0 Å². The van der Waals surface area contributed by atoms with Crippen LogP contribution in [0.25, 0.3) is 0 Å². The number of benzene rings is 1. The fourth-order valence-corrected chi connectivity index (χ4v) is 4.19. The average molecular weight is 397 g/mol. The number of carbonyl (C=O) groups is 1. The monoisotopic (exact) mass is 397 g/mol. The zero-order chi connectivity index (χ0) is 19.6. The second-order valence-electron chi connectivity index (χ2n) is 6.41. The van der Waals surface area contributed by atoms with Gasteiger partial charge in [0, 0.05) is 29.4 Å². The summed E-state index contributed by atoms with van der Waals surface area (Å²) in [7, 11) is 0. The first-order valence-corrected chi connectivity index (χ1v) is 9.35. The Labute approximate surface area is 158 Å². The summed E-state index contributed by atoms with van der Waals surface area (Å²) in [5.41, 5.74) is -0.110. The van der Waals surface area contributed by atoms with E-state index >= 15 is 0 Å². The summed E-state index contributed by atoms with van der Waals surface area (Å²) in [6.07, 6.45) is -3.57. The predicted octanol–water partition coefficient (Wildman–Crippen LogP) is 4.12. The molecule has 0 bridgehead atoms. The zero-order valence-corrected chi connectivity index (χ0v) is 15.3. The number of hydrogen-bond acceptors (Lipinski definition) is 5. The van der Waals surface area contributed by atoms with E-state index in [0.29, 0.717) is 30.5 Å². The molecule has 0 spiro atoms. The molecule has 27 heavy (non-hydrogen) atoms. The Balaban J connectivity index is 1.66. The molecule has 2 heterocycles. The van der Waals surface area contributed by atoms with Gasteiger partial charge in [0.2, 0.25) is 5.95 Å². The number of hydrogen-bond donors (Lipinski definition) is 1. The van der Waals surface area contributed by atoms with Gasteiger partial charge in [-0.1, -0.05) is 12.1 Å². The van der Waals surface area contributed by atoms with E-state index < -0.39 is 17.7 Å². The van der Waals surface area contributed by atoms with E-state index in [2.05, 4.69) is 9.97 Å². The Hall–Kier alpha value is -2.29. The number of alkyl halides is 3. The van der Waals surface area contributed by atoms with Crippen molar-refractivity contribution in [3.8, 4) is 0 Å². The number of aryl methyl sites for hydroxylation is 1. The van der Waals surface area contributed by atoms with Crippen molar-refractivity contribution < 1.29 is 23.1 Å². The van der Waals surface area contributed by atoms with Gasteiger partial charge in [0.05, 0.1) is 5.56 Å². The Morgan fingerprint density at radius 2 is 2.07 bits per heavy atom. The SMILES string of the molecule is Cc1cc(C(=O)O)nc(N2CC[C@@H](CSc3ccccc3C(F)(F)F)C2)n1. The lowest BCUT2D eigenvalue weighted by Gasteiger charge is -2.17. The number of aromatic carboxylic acids is 1. The van der Waals surface area contributed by atoms with Crippen molar-refractivity contribution in [1.82, 2.24) is 9.97 Å². The Morgan fingerprint density at radius 3 is 2.78 bits per heavy atom. The van der Waals surface area contributed by atoms with Gasteiger partial charge in [-0.2, -0.15) is 13.2 Å². The van der Waals surface area contributed by atoms with Gasteiger partial charge >= 0.3 is 12.1 Å². The van der Waals surface area contributed by atoms with Crippen LogP contribution in [0.2, 0.25) is 0 Å².